The van der Waals surface area contributed by atoms with E-state index in [2.05, 4.69) is 5.32 Å². The normalized spacial score (nSPS) is 15.4. The lowest BCUT2D eigenvalue weighted by atomic mass is 10.3. The van der Waals surface area contributed by atoms with Crippen LogP contribution in [0.25, 0.3) is 0 Å². The second-order valence-electron chi connectivity index (χ2n) is 3.61. The highest BCUT2D eigenvalue weighted by Gasteiger charge is 2.19. The van der Waals surface area contributed by atoms with Crippen LogP contribution in [0.1, 0.15) is 12.8 Å². The summed E-state index contributed by atoms with van der Waals surface area (Å²) in [5, 5.41) is 3.38. The molecule has 0 radical (unpaired) electrons. The van der Waals surface area contributed by atoms with Crippen LogP contribution in [-0.2, 0) is 0 Å². The van der Waals surface area contributed by atoms with Gasteiger partial charge in [-0.15, -0.1) is 0 Å². The molecule has 0 aromatic heterocycles. The van der Waals surface area contributed by atoms with Crippen molar-refractivity contribution in [3.63, 3.8) is 0 Å². The summed E-state index contributed by atoms with van der Waals surface area (Å²) in [6.45, 7) is 1.59. The minimum absolute atomic E-state index is 0.685. The topological polar surface area (TPSA) is 47.3 Å². The molecule has 3 heteroatoms. The molecule has 3 nitrogen and oxygen atoms in total. The minimum atomic E-state index is 0.685. The van der Waals surface area contributed by atoms with Crippen molar-refractivity contribution < 1.29 is 4.74 Å². The second-order valence-corrected chi connectivity index (χ2v) is 3.61. The summed E-state index contributed by atoms with van der Waals surface area (Å²) in [6, 6.07) is 8.33. The number of para-hydroxylation sites is 2. The molecule has 0 aliphatic heterocycles. The number of nitrogen functional groups attached to an aromatic ring is 1. The fraction of sp³-hybridized carbons (Fsp3) is 0.455. The molecule has 2 rings (SSSR count). The molecule has 0 saturated heterocycles. The van der Waals surface area contributed by atoms with E-state index in [4.69, 9.17) is 10.5 Å². The Morgan fingerprint density at radius 1 is 1.36 bits per heavy atom. The molecule has 1 saturated carbocycles. The van der Waals surface area contributed by atoms with Gasteiger partial charge in [-0.2, -0.15) is 0 Å². The first-order valence-corrected chi connectivity index (χ1v) is 5.07. The number of benzene rings is 1. The lowest BCUT2D eigenvalue weighted by Crippen LogP contribution is -2.22. The molecule has 1 aromatic carbocycles. The summed E-state index contributed by atoms with van der Waals surface area (Å²) in [5.41, 5.74) is 6.44. The molecule has 1 fully saturated rings. The molecule has 0 spiro atoms. The van der Waals surface area contributed by atoms with Crippen molar-refractivity contribution in [2.75, 3.05) is 18.9 Å². The van der Waals surface area contributed by atoms with Crippen molar-refractivity contribution in [2.24, 2.45) is 0 Å². The lowest BCUT2D eigenvalue weighted by molar-refractivity contribution is 0.315. The molecule has 14 heavy (non-hydrogen) atoms. The Bertz CT molecular complexity index is 297. The number of hydrogen-bond donors (Lipinski definition) is 2. The van der Waals surface area contributed by atoms with Crippen molar-refractivity contribution in [3.05, 3.63) is 24.3 Å². The van der Waals surface area contributed by atoms with E-state index in [0.29, 0.717) is 12.3 Å². The van der Waals surface area contributed by atoms with Gasteiger partial charge in [-0.1, -0.05) is 12.1 Å². The molecule has 3 N–H and O–H groups in total. The Morgan fingerprint density at radius 3 is 2.86 bits per heavy atom. The molecular formula is C11H16N2O. The molecule has 0 bridgehead atoms. The first-order valence-electron chi connectivity index (χ1n) is 5.07. The van der Waals surface area contributed by atoms with Gasteiger partial charge in [0.1, 0.15) is 12.4 Å². The Morgan fingerprint density at radius 2 is 2.14 bits per heavy atom. The average molecular weight is 192 g/mol. The molecule has 0 unspecified atom stereocenters. The first kappa shape index (κ1) is 9.34. The highest BCUT2D eigenvalue weighted by atomic mass is 16.5. The van der Waals surface area contributed by atoms with E-state index in [1.54, 1.807) is 0 Å². The third-order valence-electron chi connectivity index (χ3n) is 2.29. The van der Waals surface area contributed by atoms with Crippen LogP contribution in [0, 0.1) is 0 Å². The first-order chi connectivity index (χ1) is 6.86. The van der Waals surface area contributed by atoms with Crippen molar-refractivity contribution in [1.82, 2.24) is 5.32 Å². The molecule has 1 aliphatic carbocycles. The van der Waals surface area contributed by atoms with E-state index in [1.807, 2.05) is 24.3 Å². The fourth-order valence-corrected chi connectivity index (χ4v) is 1.32. The number of nitrogens with two attached hydrogens (primary N) is 1. The van der Waals surface area contributed by atoms with Crippen LogP contribution in [0.4, 0.5) is 5.69 Å². The van der Waals surface area contributed by atoms with E-state index < -0.39 is 0 Å². The van der Waals surface area contributed by atoms with Gasteiger partial charge in [0.2, 0.25) is 0 Å². The molecular weight excluding hydrogens is 176 g/mol. The predicted molar refractivity (Wildman–Crippen MR) is 57.4 cm³/mol. The lowest BCUT2D eigenvalue weighted by Gasteiger charge is -2.08. The van der Waals surface area contributed by atoms with Gasteiger partial charge in [0.15, 0.2) is 0 Å². The highest BCUT2D eigenvalue weighted by molar-refractivity contribution is 5.51. The Kier molecular flexibility index (Phi) is 2.89. The van der Waals surface area contributed by atoms with E-state index >= 15 is 0 Å². The van der Waals surface area contributed by atoms with Crippen molar-refractivity contribution >= 4 is 5.69 Å². The van der Waals surface area contributed by atoms with E-state index in [1.165, 1.54) is 12.8 Å². The van der Waals surface area contributed by atoms with E-state index in [0.717, 1.165) is 18.3 Å². The molecule has 1 aliphatic rings. The zero-order valence-electron chi connectivity index (χ0n) is 8.20. The van der Waals surface area contributed by atoms with E-state index in [9.17, 15) is 0 Å². The quantitative estimate of drug-likeness (QED) is 0.547. The molecule has 0 amide bonds. The summed E-state index contributed by atoms with van der Waals surface area (Å²) < 4.78 is 5.53. The van der Waals surface area contributed by atoms with Crippen LogP contribution in [-0.4, -0.2) is 19.2 Å². The molecule has 0 heterocycles. The SMILES string of the molecule is Nc1ccccc1OCCNC1CC1. The minimum Gasteiger partial charge on any atom is -0.490 e. The van der Waals surface area contributed by atoms with Gasteiger partial charge in [-0.3, -0.25) is 0 Å². The molecule has 0 atom stereocenters. The number of rotatable bonds is 5. The largest absolute Gasteiger partial charge is 0.490 e. The summed E-state index contributed by atoms with van der Waals surface area (Å²) in [7, 11) is 0. The van der Waals surface area contributed by atoms with Gasteiger partial charge in [0, 0.05) is 12.6 Å². The number of nitrogens with one attached hydrogen (secondary N) is 1. The van der Waals surface area contributed by atoms with Crippen LogP contribution < -0.4 is 15.8 Å². The smallest absolute Gasteiger partial charge is 0.142 e. The third kappa shape index (κ3) is 2.64. The average Bonchev–Trinajstić information content (AvgIpc) is 2.99. The summed E-state index contributed by atoms with van der Waals surface area (Å²) in [5.74, 6) is 0.782. The summed E-state index contributed by atoms with van der Waals surface area (Å²) in [6.07, 6.45) is 2.63. The molecule has 1 aromatic rings. The third-order valence-corrected chi connectivity index (χ3v) is 2.29. The van der Waals surface area contributed by atoms with Gasteiger partial charge >= 0.3 is 0 Å². The monoisotopic (exact) mass is 192 g/mol. The van der Waals surface area contributed by atoms with Gasteiger partial charge in [-0.25, -0.2) is 0 Å². The van der Waals surface area contributed by atoms with Crippen molar-refractivity contribution in [3.8, 4) is 5.75 Å². The van der Waals surface area contributed by atoms with Gasteiger partial charge in [-0.05, 0) is 25.0 Å². The van der Waals surface area contributed by atoms with Gasteiger partial charge in [0.05, 0.1) is 5.69 Å². The standard InChI is InChI=1S/C11H16N2O/c12-10-3-1-2-4-11(10)14-8-7-13-9-5-6-9/h1-4,9,13H,5-8,12H2. The summed E-state index contributed by atoms with van der Waals surface area (Å²) in [4.78, 5) is 0. The zero-order valence-corrected chi connectivity index (χ0v) is 8.20. The van der Waals surface area contributed by atoms with Crippen molar-refractivity contribution in [1.29, 1.82) is 0 Å². The Balaban J connectivity index is 1.71. The van der Waals surface area contributed by atoms with Crippen LogP contribution in [0.3, 0.4) is 0 Å². The van der Waals surface area contributed by atoms with Gasteiger partial charge in [0.25, 0.3) is 0 Å². The van der Waals surface area contributed by atoms with Crippen molar-refractivity contribution in [2.45, 2.75) is 18.9 Å². The van der Waals surface area contributed by atoms with Crippen LogP contribution in [0.15, 0.2) is 24.3 Å². The van der Waals surface area contributed by atoms with Gasteiger partial charge < -0.3 is 15.8 Å². The molecule has 76 valence electrons. The maximum atomic E-state index is 5.73. The van der Waals surface area contributed by atoms with Crippen LogP contribution in [0.5, 0.6) is 5.75 Å². The number of anilines is 1. The second kappa shape index (κ2) is 4.33. The number of hydrogen-bond acceptors (Lipinski definition) is 3. The fourth-order valence-electron chi connectivity index (χ4n) is 1.32. The Labute approximate surface area is 84.3 Å². The maximum absolute atomic E-state index is 5.73. The maximum Gasteiger partial charge on any atom is 0.142 e. The Hall–Kier alpha value is -1.22. The number of ether oxygens (including phenoxy) is 1. The van der Waals surface area contributed by atoms with Crippen LogP contribution in [0.2, 0.25) is 0 Å². The van der Waals surface area contributed by atoms with E-state index in [-0.39, 0.29) is 0 Å². The van der Waals surface area contributed by atoms with Crippen LogP contribution >= 0.6 is 0 Å². The predicted octanol–water partition coefficient (Wildman–Crippen LogP) is 1.40. The highest BCUT2D eigenvalue weighted by Crippen LogP contribution is 2.20. The zero-order chi connectivity index (χ0) is 9.80. The summed E-state index contributed by atoms with van der Waals surface area (Å²) >= 11 is 0.